The minimum Gasteiger partial charge on any atom is -0.381 e. The Morgan fingerprint density at radius 1 is 1.37 bits per heavy atom. The molecule has 0 radical (unpaired) electrons. The molecule has 1 atom stereocenters. The van der Waals surface area contributed by atoms with Gasteiger partial charge in [-0.25, -0.2) is 14.4 Å². The third-order valence-electron chi connectivity index (χ3n) is 7.12. The number of aliphatic imine (C=N–C) groups is 1. The number of hydrogen-bond donors (Lipinski definition) is 1. The van der Waals surface area contributed by atoms with Crippen LogP contribution in [0.5, 0.6) is 0 Å². The summed E-state index contributed by atoms with van der Waals surface area (Å²) >= 11 is 1.56. The number of methoxy groups -OCH3 is 1. The van der Waals surface area contributed by atoms with E-state index in [0.717, 1.165) is 53.8 Å². The van der Waals surface area contributed by atoms with Crippen molar-refractivity contribution in [2.75, 3.05) is 20.3 Å². The van der Waals surface area contributed by atoms with Gasteiger partial charge in [-0.3, -0.25) is 9.69 Å². The molecule has 2 aliphatic carbocycles. The second-order valence-electron chi connectivity index (χ2n) is 8.43. The van der Waals surface area contributed by atoms with E-state index in [9.17, 15) is 9.18 Å². The molecule has 5 rings (SSSR count). The molecule has 6 nitrogen and oxygen atoms in total. The number of benzene rings is 1. The third-order valence-corrected chi connectivity index (χ3v) is 7.94. The second kappa shape index (κ2) is 7.13. The van der Waals surface area contributed by atoms with Gasteiger partial charge in [0.1, 0.15) is 11.7 Å². The molecule has 0 bridgehead atoms. The van der Waals surface area contributed by atoms with Gasteiger partial charge in [-0.05, 0) is 49.3 Å². The molecule has 1 fully saturated rings. The average Bonchev–Trinajstić information content (AvgIpc) is 3.44. The van der Waals surface area contributed by atoms with Crippen molar-refractivity contribution in [1.29, 1.82) is 0 Å². The first-order chi connectivity index (χ1) is 14.5. The van der Waals surface area contributed by atoms with E-state index in [4.69, 9.17) is 15.5 Å². The van der Waals surface area contributed by atoms with Crippen LogP contribution in [0.2, 0.25) is 0 Å². The number of rotatable bonds is 4. The normalized spacial score (nSPS) is 30.3. The monoisotopic (exact) mass is 428 g/mol. The molecule has 1 amide bonds. The van der Waals surface area contributed by atoms with E-state index >= 15 is 0 Å². The lowest BCUT2D eigenvalue weighted by molar-refractivity contribution is -0.138. The molecule has 1 aromatic heterocycles. The predicted octanol–water partition coefficient (Wildman–Crippen LogP) is 3.26. The zero-order chi connectivity index (χ0) is 20.9. The summed E-state index contributed by atoms with van der Waals surface area (Å²) in [7, 11) is 1.74. The van der Waals surface area contributed by atoms with Gasteiger partial charge < -0.3 is 10.5 Å². The number of guanidine groups is 1. The molecule has 3 aliphatic rings. The Kier molecular flexibility index (Phi) is 4.67. The highest BCUT2D eigenvalue weighted by Crippen LogP contribution is 2.62. The maximum absolute atomic E-state index is 13.8. The molecule has 158 valence electrons. The topological polar surface area (TPSA) is 80.8 Å². The molecule has 2 aromatic rings. The van der Waals surface area contributed by atoms with Gasteiger partial charge in [-0.2, -0.15) is 0 Å². The Hall–Kier alpha value is -2.32. The van der Waals surface area contributed by atoms with Crippen LogP contribution in [0.1, 0.15) is 36.8 Å². The predicted molar refractivity (Wildman–Crippen MR) is 114 cm³/mol. The lowest BCUT2D eigenvalue weighted by atomic mass is 9.61. The first-order valence-electron chi connectivity index (χ1n) is 10.3. The molecule has 1 unspecified atom stereocenters. The summed E-state index contributed by atoms with van der Waals surface area (Å²) in [6.07, 6.45) is 6.12. The molecule has 2 spiro atoms. The van der Waals surface area contributed by atoms with Crippen LogP contribution in [0.4, 0.5) is 4.39 Å². The second-order valence-corrected chi connectivity index (χ2v) is 9.32. The number of halogens is 1. The highest BCUT2D eigenvalue weighted by atomic mass is 32.1. The summed E-state index contributed by atoms with van der Waals surface area (Å²) in [5, 5.41) is 2.84. The molecule has 8 heteroatoms. The van der Waals surface area contributed by atoms with Crippen LogP contribution < -0.4 is 5.73 Å². The van der Waals surface area contributed by atoms with Crippen molar-refractivity contribution in [3.8, 4) is 10.6 Å². The van der Waals surface area contributed by atoms with E-state index in [1.165, 1.54) is 4.90 Å². The van der Waals surface area contributed by atoms with Gasteiger partial charge in [-0.1, -0.05) is 12.1 Å². The van der Waals surface area contributed by atoms with E-state index < -0.39 is 12.2 Å². The lowest BCUT2D eigenvalue weighted by Gasteiger charge is -2.45. The van der Waals surface area contributed by atoms with Gasteiger partial charge in [0.25, 0.3) is 5.91 Å². The number of ether oxygens (including phenoxy) is 1. The van der Waals surface area contributed by atoms with Crippen LogP contribution in [0, 0.1) is 5.41 Å². The van der Waals surface area contributed by atoms with Crippen molar-refractivity contribution in [3.05, 3.63) is 40.9 Å². The molecule has 1 aliphatic heterocycles. The fraction of sp³-hybridized carbons (Fsp3) is 0.500. The number of carbonyl (C=O) groups excluding carboxylic acids is 1. The number of nitrogens with two attached hydrogens (primary N) is 1. The van der Waals surface area contributed by atoms with Gasteiger partial charge in [0.15, 0.2) is 11.5 Å². The Balaban J connectivity index is 1.67. The Morgan fingerprint density at radius 2 is 2.17 bits per heavy atom. The molecule has 2 heterocycles. The summed E-state index contributed by atoms with van der Waals surface area (Å²) < 4.78 is 18.8. The van der Waals surface area contributed by atoms with Gasteiger partial charge in [0.05, 0.1) is 12.6 Å². The molecule has 1 aromatic carbocycles. The van der Waals surface area contributed by atoms with Crippen molar-refractivity contribution in [1.82, 2.24) is 9.88 Å². The average molecular weight is 429 g/mol. The van der Waals surface area contributed by atoms with E-state index in [2.05, 4.69) is 23.2 Å². The van der Waals surface area contributed by atoms with Crippen LogP contribution in [0.3, 0.4) is 0 Å². The lowest BCUT2D eigenvalue weighted by Crippen LogP contribution is -2.52. The first kappa shape index (κ1) is 19.6. The highest BCUT2D eigenvalue weighted by molar-refractivity contribution is 7.13. The van der Waals surface area contributed by atoms with Gasteiger partial charge in [0, 0.05) is 29.7 Å². The summed E-state index contributed by atoms with van der Waals surface area (Å²) in [5.74, 6) is -0.0676. The Morgan fingerprint density at radius 3 is 2.83 bits per heavy atom. The summed E-state index contributed by atoms with van der Waals surface area (Å²) in [5.41, 5.74) is 7.74. The number of amides is 1. The quantitative estimate of drug-likeness (QED) is 0.811. The van der Waals surface area contributed by atoms with Crippen molar-refractivity contribution in [2.24, 2.45) is 16.1 Å². The Labute approximate surface area is 179 Å². The van der Waals surface area contributed by atoms with E-state index in [0.29, 0.717) is 0 Å². The van der Waals surface area contributed by atoms with Crippen LogP contribution in [-0.4, -0.2) is 48.2 Å². The smallest absolute Gasteiger partial charge is 0.262 e. The largest absolute Gasteiger partial charge is 0.381 e. The minimum absolute atomic E-state index is 0.0613. The number of fused-ring (bicyclic) bond motifs is 3. The summed E-state index contributed by atoms with van der Waals surface area (Å²) in [6.45, 7) is -0.711. The Bertz CT molecular complexity index is 1000. The van der Waals surface area contributed by atoms with E-state index in [-0.39, 0.29) is 29.9 Å². The van der Waals surface area contributed by atoms with Crippen LogP contribution in [0.15, 0.2) is 34.8 Å². The number of nitrogens with zero attached hydrogens (tertiary/aromatic N) is 3. The summed E-state index contributed by atoms with van der Waals surface area (Å²) in [6, 6.07) is 6.22. The zero-order valence-electron chi connectivity index (χ0n) is 16.9. The van der Waals surface area contributed by atoms with Crippen LogP contribution >= 0.6 is 11.3 Å². The molecular formula is C22H25FN4O2S. The van der Waals surface area contributed by atoms with Crippen LogP contribution in [0.25, 0.3) is 10.6 Å². The van der Waals surface area contributed by atoms with Gasteiger partial charge in [-0.15, -0.1) is 11.3 Å². The van der Waals surface area contributed by atoms with Gasteiger partial charge in [0.2, 0.25) is 0 Å². The molecular weight excluding hydrogens is 403 g/mol. The fourth-order valence-corrected chi connectivity index (χ4v) is 6.30. The SMILES string of the molecule is CO[C@H]1CC[C@]2(CC1)Cc1ccc(-c3nccs3)cc1C21N=C(N)N(CCF)C1=O. The highest BCUT2D eigenvalue weighted by Gasteiger charge is 2.66. The molecule has 0 saturated heterocycles. The zero-order valence-corrected chi connectivity index (χ0v) is 17.8. The van der Waals surface area contributed by atoms with Crippen LogP contribution in [-0.2, 0) is 21.5 Å². The third kappa shape index (κ3) is 2.59. The first-order valence-corrected chi connectivity index (χ1v) is 11.2. The van der Waals surface area contributed by atoms with Crippen molar-refractivity contribution >= 4 is 23.2 Å². The van der Waals surface area contributed by atoms with Crippen molar-refractivity contribution in [3.63, 3.8) is 0 Å². The maximum Gasteiger partial charge on any atom is 0.262 e. The molecule has 30 heavy (non-hydrogen) atoms. The number of aromatic nitrogens is 1. The standard InChI is InChI=1S/C22H25FN4O2S/c1-29-16-4-6-21(7-5-16)13-15-3-2-14(18-25-9-11-30-18)12-17(15)22(21)19(28)27(10-8-23)20(24)26-22/h2-3,9,11-12,16H,4-8,10,13H2,1H3,(H2,24,26)/t16-,21-,22?. The maximum atomic E-state index is 13.8. The minimum atomic E-state index is -1.09. The molecule has 1 saturated carbocycles. The van der Waals surface area contributed by atoms with Crippen molar-refractivity contribution in [2.45, 2.75) is 43.7 Å². The fourth-order valence-electron chi connectivity index (χ4n) is 5.66. The van der Waals surface area contributed by atoms with E-state index in [1.807, 2.05) is 5.38 Å². The number of carbonyl (C=O) groups is 1. The number of thiazole rings is 1. The van der Waals surface area contributed by atoms with Crippen molar-refractivity contribution < 1.29 is 13.9 Å². The number of alkyl halides is 1. The molecule has 2 N–H and O–H groups in total. The number of hydrogen-bond acceptors (Lipinski definition) is 6. The van der Waals surface area contributed by atoms with Gasteiger partial charge >= 0.3 is 0 Å². The van der Waals surface area contributed by atoms with E-state index in [1.54, 1.807) is 24.6 Å². The summed E-state index contributed by atoms with van der Waals surface area (Å²) in [4.78, 5) is 24.4.